The van der Waals surface area contributed by atoms with E-state index in [2.05, 4.69) is 31.3 Å². The van der Waals surface area contributed by atoms with Crippen molar-refractivity contribution in [2.75, 3.05) is 19.6 Å². The van der Waals surface area contributed by atoms with E-state index in [-0.39, 0.29) is 24.0 Å². The lowest BCUT2D eigenvalue weighted by atomic mass is 10.1. The van der Waals surface area contributed by atoms with Gasteiger partial charge in [-0.2, -0.15) is 0 Å². The smallest absolute Gasteiger partial charge is 0.272 e. The van der Waals surface area contributed by atoms with Gasteiger partial charge in [-0.3, -0.25) is 19.8 Å². The maximum absolute atomic E-state index is 12.1. The summed E-state index contributed by atoms with van der Waals surface area (Å²) < 4.78 is 1.44. The third kappa shape index (κ3) is 3.19. The van der Waals surface area contributed by atoms with E-state index in [1.807, 2.05) is 12.3 Å². The third-order valence-electron chi connectivity index (χ3n) is 4.22. The summed E-state index contributed by atoms with van der Waals surface area (Å²) >= 11 is 0. The lowest BCUT2D eigenvalue weighted by Gasteiger charge is -2.36. The number of rotatable bonds is 3. The second-order valence-electron chi connectivity index (χ2n) is 5.72. The minimum absolute atomic E-state index is 0. The van der Waals surface area contributed by atoms with Crippen LogP contribution in [0.5, 0.6) is 0 Å². The first kappa shape index (κ1) is 16.6. The summed E-state index contributed by atoms with van der Waals surface area (Å²) in [4.78, 5) is 23.2. The molecule has 1 atom stereocenters. The van der Waals surface area contributed by atoms with Crippen molar-refractivity contribution in [1.29, 1.82) is 0 Å². The summed E-state index contributed by atoms with van der Waals surface area (Å²) in [6.07, 6.45) is 5.41. The van der Waals surface area contributed by atoms with E-state index in [9.17, 15) is 4.79 Å². The van der Waals surface area contributed by atoms with Gasteiger partial charge in [0.05, 0.1) is 5.69 Å². The highest BCUT2D eigenvalue weighted by atomic mass is 35.5. The number of nitrogens with zero attached hydrogens (tertiary/aromatic N) is 4. The van der Waals surface area contributed by atoms with Gasteiger partial charge in [0.2, 0.25) is 0 Å². The largest absolute Gasteiger partial charge is 0.314 e. The Bertz CT molecular complexity index is 862. The van der Waals surface area contributed by atoms with Crippen molar-refractivity contribution >= 4 is 18.1 Å². The van der Waals surface area contributed by atoms with E-state index in [0.717, 1.165) is 25.3 Å². The van der Waals surface area contributed by atoms with E-state index in [0.29, 0.717) is 12.2 Å². The molecule has 4 heterocycles. The first-order valence-corrected chi connectivity index (χ1v) is 7.72. The zero-order valence-electron chi connectivity index (χ0n) is 13.1. The van der Waals surface area contributed by atoms with Crippen LogP contribution in [0, 0.1) is 0 Å². The Morgan fingerprint density at radius 3 is 3.08 bits per heavy atom. The molecule has 1 unspecified atom stereocenters. The number of hydrogen-bond donors (Lipinski definition) is 2. The highest BCUT2D eigenvalue weighted by Gasteiger charge is 2.24. The number of piperazine rings is 1. The molecule has 3 aromatic rings. The van der Waals surface area contributed by atoms with Gasteiger partial charge in [-0.1, -0.05) is 6.07 Å². The van der Waals surface area contributed by atoms with E-state index in [1.54, 1.807) is 24.5 Å². The monoisotopic (exact) mass is 346 g/mol. The van der Waals surface area contributed by atoms with Crippen molar-refractivity contribution in [1.82, 2.24) is 29.8 Å². The average Bonchev–Trinajstić information content (AvgIpc) is 3.05. The molecule has 1 fully saturated rings. The van der Waals surface area contributed by atoms with Crippen molar-refractivity contribution in [3.63, 3.8) is 0 Å². The summed E-state index contributed by atoms with van der Waals surface area (Å²) in [5.41, 5.74) is 2.55. The Kier molecular flexibility index (Phi) is 4.94. The van der Waals surface area contributed by atoms with Gasteiger partial charge in [-0.05, 0) is 11.6 Å². The van der Waals surface area contributed by atoms with Gasteiger partial charge in [-0.15, -0.1) is 12.4 Å². The Morgan fingerprint density at radius 1 is 1.33 bits per heavy atom. The van der Waals surface area contributed by atoms with Crippen molar-refractivity contribution in [3.8, 4) is 0 Å². The molecular formula is C16H19ClN6O. The van der Waals surface area contributed by atoms with Crippen LogP contribution in [0.3, 0.4) is 0 Å². The second kappa shape index (κ2) is 7.12. The summed E-state index contributed by atoms with van der Waals surface area (Å²) in [7, 11) is 0. The van der Waals surface area contributed by atoms with Crippen LogP contribution in [0.25, 0.3) is 5.65 Å². The molecule has 126 valence electrons. The Hall–Kier alpha value is -2.22. The topological polar surface area (TPSA) is 78.3 Å². The molecule has 2 N–H and O–H groups in total. The molecule has 1 aliphatic heterocycles. The fourth-order valence-corrected chi connectivity index (χ4v) is 3.10. The molecule has 4 rings (SSSR count). The number of halogens is 1. The fourth-order valence-electron chi connectivity index (χ4n) is 3.10. The normalized spacial score (nSPS) is 18.4. The Morgan fingerprint density at radius 2 is 2.25 bits per heavy atom. The van der Waals surface area contributed by atoms with Gasteiger partial charge in [0.1, 0.15) is 0 Å². The van der Waals surface area contributed by atoms with Crippen LogP contribution in [-0.4, -0.2) is 44.1 Å². The predicted molar refractivity (Wildman–Crippen MR) is 93.3 cm³/mol. The van der Waals surface area contributed by atoms with Crippen LogP contribution in [0.2, 0.25) is 0 Å². The summed E-state index contributed by atoms with van der Waals surface area (Å²) in [6, 6.07) is 7.70. The average molecular weight is 347 g/mol. The number of aromatic amines is 1. The SMILES string of the molecule is Cl.O=c1cc(CN2CCNCC2c2cccnc2)nc2cc[nH]n12. The number of pyridine rings is 1. The minimum Gasteiger partial charge on any atom is -0.314 e. The van der Waals surface area contributed by atoms with Crippen LogP contribution in [0.4, 0.5) is 0 Å². The molecule has 8 heteroatoms. The molecule has 0 spiro atoms. The number of hydrogen-bond acceptors (Lipinski definition) is 5. The highest BCUT2D eigenvalue weighted by Crippen LogP contribution is 2.22. The molecular weight excluding hydrogens is 328 g/mol. The van der Waals surface area contributed by atoms with E-state index >= 15 is 0 Å². The third-order valence-corrected chi connectivity index (χ3v) is 4.22. The molecule has 1 saturated heterocycles. The van der Waals surface area contributed by atoms with Crippen molar-refractivity contribution in [2.24, 2.45) is 0 Å². The molecule has 0 aromatic carbocycles. The van der Waals surface area contributed by atoms with Gasteiger partial charge in [0.15, 0.2) is 5.65 Å². The highest BCUT2D eigenvalue weighted by molar-refractivity contribution is 5.85. The molecule has 24 heavy (non-hydrogen) atoms. The molecule has 0 amide bonds. The summed E-state index contributed by atoms with van der Waals surface area (Å²) in [5, 5.41) is 6.29. The van der Waals surface area contributed by atoms with Gasteiger partial charge >= 0.3 is 0 Å². The molecule has 0 radical (unpaired) electrons. The molecule has 0 saturated carbocycles. The lowest BCUT2D eigenvalue weighted by Crippen LogP contribution is -2.45. The fraction of sp³-hybridized carbons (Fsp3) is 0.312. The summed E-state index contributed by atoms with van der Waals surface area (Å²) in [6.45, 7) is 3.37. The van der Waals surface area contributed by atoms with Crippen LogP contribution in [0.15, 0.2) is 47.7 Å². The minimum atomic E-state index is -0.0805. The van der Waals surface area contributed by atoms with Crippen molar-refractivity contribution < 1.29 is 0 Å². The Labute approximate surface area is 145 Å². The maximum atomic E-state index is 12.1. The standard InChI is InChI=1S/C16H18N6O.ClH/c23-16-8-13(20-15-3-5-19-22(15)16)11-21-7-6-18-10-14(21)12-2-1-4-17-9-12;/h1-5,8-9,14,18-19H,6-7,10-11H2;1H. The molecule has 7 nitrogen and oxygen atoms in total. The molecule has 1 aliphatic rings. The Balaban J connectivity index is 0.00000169. The van der Waals surface area contributed by atoms with Crippen LogP contribution >= 0.6 is 12.4 Å². The predicted octanol–water partition coefficient (Wildman–Crippen LogP) is 0.986. The molecule has 3 aromatic heterocycles. The van der Waals surface area contributed by atoms with E-state index in [4.69, 9.17) is 0 Å². The van der Waals surface area contributed by atoms with Gasteiger partial charge in [0, 0.05) is 62.9 Å². The van der Waals surface area contributed by atoms with Crippen LogP contribution in [0.1, 0.15) is 17.3 Å². The molecule has 0 aliphatic carbocycles. The summed E-state index contributed by atoms with van der Waals surface area (Å²) in [5.74, 6) is 0. The van der Waals surface area contributed by atoms with Gasteiger partial charge < -0.3 is 5.32 Å². The number of aromatic nitrogens is 4. The number of H-pyrrole nitrogens is 1. The lowest BCUT2D eigenvalue weighted by molar-refractivity contribution is 0.151. The van der Waals surface area contributed by atoms with Crippen LogP contribution < -0.4 is 10.9 Å². The first-order chi connectivity index (χ1) is 11.3. The van der Waals surface area contributed by atoms with Gasteiger partial charge in [-0.25, -0.2) is 9.50 Å². The second-order valence-corrected chi connectivity index (χ2v) is 5.72. The van der Waals surface area contributed by atoms with Crippen molar-refractivity contribution in [2.45, 2.75) is 12.6 Å². The van der Waals surface area contributed by atoms with E-state index in [1.165, 1.54) is 10.1 Å². The van der Waals surface area contributed by atoms with Gasteiger partial charge in [0.25, 0.3) is 5.56 Å². The zero-order valence-corrected chi connectivity index (χ0v) is 13.9. The number of fused-ring (bicyclic) bond motifs is 1. The number of nitrogens with one attached hydrogen (secondary N) is 2. The van der Waals surface area contributed by atoms with Crippen LogP contribution in [-0.2, 0) is 6.54 Å². The zero-order chi connectivity index (χ0) is 15.6. The van der Waals surface area contributed by atoms with Crippen molar-refractivity contribution in [3.05, 3.63) is 64.5 Å². The first-order valence-electron chi connectivity index (χ1n) is 7.72. The quantitative estimate of drug-likeness (QED) is 0.739. The van der Waals surface area contributed by atoms with E-state index < -0.39 is 0 Å². The maximum Gasteiger partial charge on any atom is 0.272 e. The molecule has 0 bridgehead atoms.